The molecule has 0 bridgehead atoms. The molecular weight excluding hydrogens is 425 g/mol. The van der Waals surface area contributed by atoms with Gasteiger partial charge in [-0.2, -0.15) is 0 Å². The van der Waals surface area contributed by atoms with Crippen LogP contribution in [0.4, 0.5) is 0 Å². The summed E-state index contributed by atoms with van der Waals surface area (Å²) in [5.41, 5.74) is 5.85. The maximum absolute atomic E-state index is 6.73. The van der Waals surface area contributed by atoms with E-state index in [1.54, 1.807) is 0 Å². The zero-order chi connectivity index (χ0) is 21.7. The molecule has 1 atom stereocenters. The third-order valence-electron chi connectivity index (χ3n) is 3.25. The van der Waals surface area contributed by atoms with Crippen LogP contribution < -0.4 is 11.1 Å². The molecule has 0 spiro atoms. The van der Waals surface area contributed by atoms with Crippen molar-refractivity contribution in [1.82, 2.24) is 5.32 Å². The second-order valence-corrected chi connectivity index (χ2v) is 30.6. The molecule has 0 aliphatic carbocycles. The van der Waals surface area contributed by atoms with Gasteiger partial charge in [0, 0.05) is 18.6 Å². The topological polar surface area (TPSA) is 75.0 Å². The lowest BCUT2D eigenvalue weighted by Crippen LogP contribution is -2.60. The SMILES string of the molecule is CC(N)CNCC[Si](C)(O[Si](C)(C)O[Si](C)(C)C)O[Si](C)(C)O[Si](C)(C)C. The van der Waals surface area contributed by atoms with Crippen LogP contribution in [0.25, 0.3) is 0 Å². The first-order valence-electron chi connectivity index (χ1n) is 10.0. The van der Waals surface area contributed by atoms with Crippen LogP contribution in [0.5, 0.6) is 0 Å². The van der Waals surface area contributed by atoms with Crippen molar-refractivity contribution in [2.45, 2.75) is 91.0 Å². The lowest BCUT2D eigenvalue weighted by Gasteiger charge is -2.43. The summed E-state index contributed by atoms with van der Waals surface area (Å²) in [6, 6.07) is 0.998. The van der Waals surface area contributed by atoms with Gasteiger partial charge in [-0.25, -0.2) is 0 Å². The summed E-state index contributed by atoms with van der Waals surface area (Å²) < 4.78 is 26.3. The smallest absolute Gasteiger partial charge is 0.318 e. The highest BCUT2D eigenvalue weighted by molar-refractivity contribution is 6.90. The second-order valence-electron chi connectivity index (χ2n) is 10.5. The van der Waals surface area contributed by atoms with Crippen LogP contribution in [0.1, 0.15) is 6.92 Å². The molecule has 0 aromatic carbocycles. The zero-order valence-corrected chi connectivity index (χ0v) is 24.9. The Kier molecular flexibility index (Phi) is 10.6. The van der Waals surface area contributed by atoms with Gasteiger partial charge in [-0.1, -0.05) is 0 Å². The monoisotopic (exact) mass is 470 g/mol. The van der Waals surface area contributed by atoms with Crippen molar-refractivity contribution in [3.8, 4) is 0 Å². The maximum atomic E-state index is 6.73. The van der Waals surface area contributed by atoms with E-state index in [1.165, 1.54) is 0 Å². The minimum absolute atomic E-state index is 0.141. The van der Waals surface area contributed by atoms with E-state index in [1.807, 2.05) is 6.92 Å². The highest BCUT2D eigenvalue weighted by Gasteiger charge is 2.46. The number of nitrogens with one attached hydrogen (secondary N) is 1. The molecule has 0 aromatic heterocycles. The molecule has 0 aliphatic rings. The molecule has 11 heteroatoms. The predicted octanol–water partition coefficient (Wildman–Crippen LogP) is 4.14. The van der Waals surface area contributed by atoms with E-state index < -0.39 is 42.3 Å². The highest BCUT2D eigenvalue weighted by Crippen LogP contribution is 2.28. The summed E-state index contributed by atoms with van der Waals surface area (Å²) in [6.07, 6.45) is 0. The first kappa shape index (κ1) is 27.8. The van der Waals surface area contributed by atoms with Gasteiger partial charge >= 0.3 is 25.7 Å². The molecule has 1 unspecified atom stereocenters. The average molecular weight is 471 g/mol. The summed E-state index contributed by atoms with van der Waals surface area (Å²) in [5, 5.41) is 3.42. The van der Waals surface area contributed by atoms with Crippen molar-refractivity contribution in [1.29, 1.82) is 0 Å². The summed E-state index contributed by atoms with van der Waals surface area (Å²) >= 11 is 0. The van der Waals surface area contributed by atoms with Crippen LogP contribution in [0.3, 0.4) is 0 Å². The summed E-state index contributed by atoms with van der Waals surface area (Å²) in [7, 11) is -10.4. The van der Waals surface area contributed by atoms with Crippen molar-refractivity contribution in [3.05, 3.63) is 0 Å². The number of hydrogen-bond donors (Lipinski definition) is 2. The minimum Gasteiger partial charge on any atom is -0.437 e. The van der Waals surface area contributed by atoms with Gasteiger partial charge in [0.2, 0.25) is 0 Å². The Morgan fingerprint density at radius 3 is 1.37 bits per heavy atom. The first-order valence-corrected chi connectivity index (χ1v) is 25.0. The summed E-state index contributed by atoms with van der Waals surface area (Å²) in [4.78, 5) is 0. The molecule has 0 aliphatic heterocycles. The van der Waals surface area contributed by atoms with E-state index >= 15 is 0 Å². The van der Waals surface area contributed by atoms with Gasteiger partial charge < -0.3 is 27.5 Å². The normalized spacial score (nSPS) is 15.9. The molecule has 0 aromatic rings. The molecule has 0 amide bonds. The lowest BCUT2D eigenvalue weighted by atomic mass is 10.4. The fourth-order valence-electron chi connectivity index (χ4n) is 3.32. The zero-order valence-electron chi connectivity index (χ0n) is 19.9. The van der Waals surface area contributed by atoms with E-state index in [4.69, 9.17) is 22.2 Å². The molecule has 0 fully saturated rings. The Morgan fingerprint density at radius 1 is 0.704 bits per heavy atom. The number of nitrogens with two attached hydrogens (primary N) is 1. The molecule has 0 saturated heterocycles. The minimum atomic E-state index is -2.48. The Bertz CT molecular complexity index is 421. The van der Waals surface area contributed by atoms with E-state index in [0.717, 1.165) is 19.1 Å². The maximum Gasteiger partial charge on any atom is 0.318 e. The van der Waals surface area contributed by atoms with Gasteiger partial charge in [-0.15, -0.1) is 0 Å². The number of rotatable bonds is 13. The van der Waals surface area contributed by atoms with Crippen LogP contribution in [0.15, 0.2) is 0 Å². The van der Waals surface area contributed by atoms with Gasteiger partial charge in [-0.3, -0.25) is 0 Å². The molecule has 0 radical (unpaired) electrons. The Morgan fingerprint density at radius 2 is 1.07 bits per heavy atom. The molecule has 0 heterocycles. The molecule has 164 valence electrons. The molecular formula is C16H46N2O4Si5. The first-order chi connectivity index (χ1) is 11.7. The van der Waals surface area contributed by atoms with Gasteiger partial charge in [0.05, 0.1) is 0 Å². The highest BCUT2D eigenvalue weighted by atomic mass is 28.5. The Hall–Kier alpha value is 0.844. The third kappa shape index (κ3) is 15.4. The second kappa shape index (κ2) is 10.2. The molecule has 27 heavy (non-hydrogen) atoms. The van der Waals surface area contributed by atoms with E-state index in [2.05, 4.69) is 77.3 Å². The molecule has 0 saturated carbocycles. The summed E-state index contributed by atoms with van der Waals surface area (Å²) in [5.74, 6) is 0. The molecule has 6 nitrogen and oxygen atoms in total. The van der Waals surface area contributed by atoms with Crippen molar-refractivity contribution in [2.75, 3.05) is 13.1 Å². The van der Waals surface area contributed by atoms with Crippen LogP contribution in [-0.4, -0.2) is 61.4 Å². The Labute approximate surface area is 173 Å². The van der Waals surface area contributed by atoms with Gasteiger partial charge in [0.25, 0.3) is 0 Å². The van der Waals surface area contributed by atoms with Gasteiger partial charge in [0.1, 0.15) is 0 Å². The van der Waals surface area contributed by atoms with Crippen molar-refractivity contribution in [2.24, 2.45) is 5.73 Å². The van der Waals surface area contributed by atoms with Crippen molar-refractivity contribution >= 4 is 42.3 Å². The van der Waals surface area contributed by atoms with Gasteiger partial charge in [0.15, 0.2) is 16.6 Å². The predicted molar refractivity (Wildman–Crippen MR) is 129 cm³/mol. The fraction of sp³-hybridized carbons (Fsp3) is 1.00. The van der Waals surface area contributed by atoms with Gasteiger partial charge in [-0.05, 0) is 85.5 Å². The van der Waals surface area contributed by atoms with Crippen LogP contribution in [0.2, 0.25) is 78.1 Å². The molecule has 3 N–H and O–H groups in total. The van der Waals surface area contributed by atoms with Crippen molar-refractivity contribution in [3.63, 3.8) is 0 Å². The van der Waals surface area contributed by atoms with Crippen molar-refractivity contribution < 1.29 is 16.5 Å². The Balaban J connectivity index is 5.30. The summed E-state index contributed by atoms with van der Waals surface area (Å²) in [6.45, 7) is 27.6. The fourth-order valence-corrected chi connectivity index (χ4v) is 26.5. The largest absolute Gasteiger partial charge is 0.437 e. The number of hydrogen-bond acceptors (Lipinski definition) is 6. The molecule has 0 rings (SSSR count). The quantitative estimate of drug-likeness (QED) is 0.311. The van der Waals surface area contributed by atoms with Crippen LogP contribution >= 0.6 is 0 Å². The van der Waals surface area contributed by atoms with E-state index in [-0.39, 0.29) is 6.04 Å². The lowest BCUT2D eigenvalue weighted by molar-refractivity contribution is 0.292. The van der Waals surface area contributed by atoms with Crippen LogP contribution in [-0.2, 0) is 16.5 Å². The van der Waals surface area contributed by atoms with E-state index in [0.29, 0.717) is 0 Å². The standard InChI is InChI=1S/C16H46N2O4Si5/c1-16(17)15-18-13-14-27(12,21-25(8,9)19-23(2,3)4)22-26(10,11)20-24(5,6)7/h16,18H,13-15,17H2,1-12H3. The average Bonchev–Trinajstić information content (AvgIpc) is 2.25. The van der Waals surface area contributed by atoms with E-state index in [9.17, 15) is 0 Å². The third-order valence-corrected chi connectivity index (χ3v) is 20.6. The van der Waals surface area contributed by atoms with Crippen LogP contribution in [0, 0.1) is 0 Å².